The minimum atomic E-state index is -0.259. The number of hydrogen-bond donors (Lipinski definition) is 1. The maximum absolute atomic E-state index is 9.82. The highest BCUT2D eigenvalue weighted by Gasteiger charge is 2.14. The van der Waals surface area contributed by atoms with Crippen LogP contribution in [0, 0.1) is 11.8 Å². The maximum atomic E-state index is 9.82. The topological polar surface area (TPSA) is 20.2 Å². The molecule has 0 spiro atoms. The smallest absolute Gasteiger partial charge is 0.0623 e. The van der Waals surface area contributed by atoms with Gasteiger partial charge in [0, 0.05) is 5.92 Å². The molecule has 0 radical (unpaired) electrons. The third-order valence-electron chi connectivity index (χ3n) is 2.61. The summed E-state index contributed by atoms with van der Waals surface area (Å²) in [7, 11) is 0. The Morgan fingerprint density at radius 1 is 1.07 bits per heavy atom. The van der Waals surface area contributed by atoms with Crippen LogP contribution in [0.4, 0.5) is 0 Å². The first kappa shape index (κ1) is 12.0. The third kappa shape index (κ3) is 3.88. The maximum Gasteiger partial charge on any atom is 0.0623 e. The van der Waals surface area contributed by atoms with E-state index in [1.807, 2.05) is 39.0 Å². The molecule has 0 saturated carbocycles. The fourth-order valence-corrected chi connectivity index (χ4v) is 1.55. The van der Waals surface area contributed by atoms with Gasteiger partial charge in [-0.2, -0.15) is 0 Å². The van der Waals surface area contributed by atoms with Crippen molar-refractivity contribution in [2.75, 3.05) is 0 Å². The van der Waals surface area contributed by atoms with Crippen molar-refractivity contribution in [1.82, 2.24) is 0 Å². The predicted octanol–water partition coefficient (Wildman–Crippen LogP) is 3.35. The highest BCUT2D eigenvalue weighted by Crippen LogP contribution is 2.15. The van der Waals surface area contributed by atoms with Gasteiger partial charge >= 0.3 is 0 Å². The first-order valence-electron chi connectivity index (χ1n) is 5.52. The Hall–Kier alpha value is -1.08. The molecular formula is C14H20O. The van der Waals surface area contributed by atoms with Crippen molar-refractivity contribution >= 4 is 6.08 Å². The zero-order valence-corrected chi connectivity index (χ0v) is 9.72. The number of hydrogen-bond acceptors (Lipinski definition) is 1. The van der Waals surface area contributed by atoms with E-state index in [2.05, 4.69) is 24.3 Å². The molecule has 1 N–H and O–H groups in total. The van der Waals surface area contributed by atoms with Crippen molar-refractivity contribution in [3.8, 4) is 0 Å². The summed E-state index contributed by atoms with van der Waals surface area (Å²) in [6.45, 7) is 6.12. The van der Waals surface area contributed by atoms with Crippen LogP contribution >= 0.6 is 0 Å². The van der Waals surface area contributed by atoms with E-state index < -0.39 is 0 Å². The molecule has 0 unspecified atom stereocenters. The Labute approximate surface area is 92.5 Å². The van der Waals surface area contributed by atoms with E-state index in [0.717, 1.165) is 0 Å². The Kier molecular flexibility index (Phi) is 4.57. The molecule has 1 aromatic carbocycles. The Morgan fingerprint density at radius 3 is 2.20 bits per heavy atom. The van der Waals surface area contributed by atoms with Gasteiger partial charge in [-0.3, -0.25) is 0 Å². The Bertz CT molecular complexity index is 300. The second-order valence-corrected chi connectivity index (χ2v) is 4.36. The molecule has 0 amide bonds. The van der Waals surface area contributed by atoms with E-state index in [1.54, 1.807) is 0 Å². The average molecular weight is 204 g/mol. The summed E-state index contributed by atoms with van der Waals surface area (Å²) >= 11 is 0. The molecule has 1 rings (SSSR count). The van der Waals surface area contributed by atoms with Crippen LogP contribution < -0.4 is 0 Å². The zero-order valence-electron chi connectivity index (χ0n) is 9.72. The lowest BCUT2D eigenvalue weighted by Gasteiger charge is -2.18. The summed E-state index contributed by atoms with van der Waals surface area (Å²) in [5.74, 6) is 0.505. The molecule has 0 heterocycles. The summed E-state index contributed by atoms with van der Waals surface area (Å²) in [4.78, 5) is 0. The normalized spacial score (nSPS) is 15.8. The molecule has 2 atom stereocenters. The van der Waals surface area contributed by atoms with Crippen LogP contribution in [-0.4, -0.2) is 11.2 Å². The molecule has 0 saturated heterocycles. The Morgan fingerprint density at radius 2 is 1.67 bits per heavy atom. The molecule has 0 aliphatic rings. The lowest BCUT2D eigenvalue weighted by Crippen LogP contribution is -2.21. The highest BCUT2D eigenvalue weighted by atomic mass is 16.3. The van der Waals surface area contributed by atoms with Crippen molar-refractivity contribution in [1.29, 1.82) is 0 Å². The van der Waals surface area contributed by atoms with E-state index in [-0.39, 0.29) is 12.0 Å². The van der Waals surface area contributed by atoms with E-state index in [9.17, 15) is 5.11 Å². The van der Waals surface area contributed by atoms with Crippen LogP contribution in [0.2, 0.25) is 0 Å². The highest BCUT2D eigenvalue weighted by molar-refractivity contribution is 5.48. The van der Waals surface area contributed by atoms with Crippen molar-refractivity contribution in [2.45, 2.75) is 26.9 Å². The second kappa shape index (κ2) is 5.72. The molecular weight excluding hydrogens is 184 g/mol. The molecule has 0 aliphatic heterocycles. The summed E-state index contributed by atoms with van der Waals surface area (Å²) in [6, 6.07) is 10.2. The van der Waals surface area contributed by atoms with E-state index in [1.165, 1.54) is 5.56 Å². The number of aliphatic hydroxyl groups is 1. The van der Waals surface area contributed by atoms with Gasteiger partial charge in [0.05, 0.1) is 6.10 Å². The molecule has 82 valence electrons. The number of rotatable bonds is 4. The molecule has 1 aromatic rings. The monoisotopic (exact) mass is 204 g/mol. The van der Waals surface area contributed by atoms with Crippen molar-refractivity contribution in [2.24, 2.45) is 11.8 Å². The van der Waals surface area contributed by atoms with Crippen LogP contribution in [-0.2, 0) is 0 Å². The third-order valence-corrected chi connectivity index (χ3v) is 2.61. The molecule has 0 fully saturated rings. The Balaban J connectivity index is 2.58. The van der Waals surface area contributed by atoms with E-state index in [4.69, 9.17) is 0 Å². The first-order chi connectivity index (χ1) is 7.11. The predicted molar refractivity (Wildman–Crippen MR) is 65.5 cm³/mol. The SMILES string of the molecule is CC(C)[C@H](O)[C@H](C)/C=C/c1ccccc1. The molecule has 15 heavy (non-hydrogen) atoms. The zero-order chi connectivity index (χ0) is 11.3. The van der Waals surface area contributed by atoms with Crippen molar-refractivity contribution in [3.63, 3.8) is 0 Å². The number of benzene rings is 1. The fraction of sp³-hybridized carbons (Fsp3) is 0.429. The van der Waals surface area contributed by atoms with Crippen LogP contribution in [0.15, 0.2) is 36.4 Å². The van der Waals surface area contributed by atoms with Gasteiger partial charge in [0.15, 0.2) is 0 Å². The fourth-order valence-electron chi connectivity index (χ4n) is 1.55. The minimum absolute atomic E-state index is 0.199. The average Bonchev–Trinajstić information content (AvgIpc) is 2.26. The summed E-state index contributed by atoms with van der Waals surface area (Å²) in [6.07, 6.45) is 3.88. The second-order valence-electron chi connectivity index (χ2n) is 4.36. The molecule has 1 heteroatoms. The van der Waals surface area contributed by atoms with Gasteiger partial charge in [-0.1, -0.05) is 63.3 Å². The molecule has 0 aliphatic carbocycles. The van der Waals surface area contributed by atoms with Gasteiger partial charge < -0.3 is 5.11 Å². The van der Waals surface area contributed by atoms with Crippen molar-refractivity contribution < 1.29 is 5.11 Å². The van der Waals surface area contributed by atoms with Gasteiger partial charge in [0.1, 0.15) is 0 Å². The lowest BCUT2D eigenvalue weighted by atomic mass is 9.94. The van der Waals surface area contributed by atoms with E-state index in [0.29, 0.717) is 5.92 Å². The van der Waals surface area contributed by atoms with Crippen molar-refractivity contribution in [3.05, 3.63) is 42.0 Å². The van der Waals surface area contributed by atoms with Gasteiger partial charge in [0.2, 0.25) is 0 Å². The number of aliphatic hydroxyl groups excluding tert-OH is 1. The standard InChI is InChI=1S/C14H20O/c1-11(2)14(15)12(3)9-10-13-7-5-4-6-8-13/h4-12,14-15H,1-3H3/b10-9+/t12-,14+/m1/s1. The van der Waals surface area contributed by atoms with Crippen LogP contribution in [0.25, 0.3) is 6.08 Å². The summed E-state index contributed by atoms with van der Waals surface area (Å²) in [5, 5.41) is 9.82. The minimum Gasteiger partial charge on any atom is -0.392 e. The van der Waals surface area contributed by atoms with Gasteiger partial charge in [-0.25, -0.2) is 0 Å². The molecule has 0 bridgehead atoms. The van der Waals surface area contributed by atoms with Gasteiger partial charge in [-0.15, -0.1) is 0 Å². The first-order valence-corrected chi connectivity index (χ1v) is 5.52. The van der Waals surface area contributed by atoms with Crippen LogP contribution in [0.3, 0.4) is 0 Å². The summed E-state index contributed by atoms with van der Waals surface area (Å²) in [5.41, 5.74) is 1.18. The van der Waals surface area contributed by atoms with Crippen LogP contribution in [0.5, 0.6) is 0 Å². The van der Waals surface area contributed by atoms with Gasteiger partial charge in [0.25, 0.3) is 0 Å². The lowest BCUT2D eigenvalue weighted by molar-refractivity contribution is 0.0914. The molecule has 0 aromatic heterocycles. The van der Waals surface area contributed by atoms with Crippen LogP contribution in [0.1, 0.15) is 26.3 Å². The van der Waals surface area contributed by atoms with E-state index >= 15 is 0 Å². The quantitative estimate of drug-likeness (QED) is 0.797. The molecule has 1 nitrogen and oxygen atoms in total. The summed E-state index contributed by atoms with van der Waals surface area (Å²) < 4.78 is 0. The van der Waals surface area contributed by atoms with Gasteiger partial charge in [-0.05, 0) is 11.5 Å². The largest absolute Gasteiger partial charge is 0.392 e.